The molecule has 17 heavy (non-hydrogen) atoms. The Bertz CT molecular complexity index is 249. The summed E-state index contributed by atoms with van der Waals surface area (Å²) in [6.45, 7) is 4.31. The van der Waals surface area contributed by atoms with Gasteiger partial charge in [0.15, 0.2) is 0 Å². The monoisotopic (exact) mass is 243 g/mol. The van der Waals surface area contributed by atoms with E-state index in [0.29, 0.717) is 19.1 Å². The highest BCUT2D eigenvalue weighted by Gasteiger charge is 2.14. The van der Waals surface area contributed by atoms with Gasteiger partial charge < -0.3 is 14.8 Å². The molecule has 0 aromatic rings. The summed E-state index contributed by atoms with van der Waals surface area (Å²) in [6, 6.07) is 0. The second-order valence-corrected chi connectivity index (χ2v) is 4.18. The lowest BCUT2D eigenvalue weighted by Gasteiger charge is -2.21. The van der Waals surface area contributed by atoms with Crippen molar-refractivity contribution in [2.75, 3.05) is 26.4 Å². The third-order valence-electron chi connectivity index (χ3n) is 2.83. The van der Waals surface area contributed by atoms with Crippen LogP contribution < -0.4 is 5.32 Å². The topological polar surface area (TPSA) is 64.6 Å². The Labute approximate surface area is 102 Å². The average molecular weight is 243 g/mol. The Balaban J connectivity index is 2.05. The predicted molar refractivity (Wildman–Crippen MR) is 62.4 cm³/mol. The van der Waals surface area contributed by atoms with Gasteiger partial charge in [0.2, 0.25) is 5.91 Å². The van der Waals surface area contributed by atoms with Crippen LogP contribution >= 0.6 is 0 Å². The van der Waals surface area contributed by atoms with Crippen LogP contribution in [-0.4, -0.2) is 38.2 Å². The van der Waals surface area contributed by atoms with Crippen molar-refractivity contribution in [2.45, 2.75) is 32.6 Å². The largest absolute Gasteiger partial charge is 0.466 e. The third kappa shape index (κ3) is 6.26. The Morgan fingerprint density at radius 3 is 2.71 bits per heavy atom. The van der Waals surface area contributed by atoms with Crippen LogP contribution in [0.5, 0.6) is 0 Å². The number of ether oxygens (including phenoxy) is 2. The van der Waals surface area contributed by atoms with E-state index < -0.39 is 5.97 Å². The summed E-state index contributed by atoms with van der Waals surface area (Å²) in [5.41, 5.74) is 0. The Morgan fingerprint density at radius 1 is 1.35 bits per heavy atom. The summed E-state index contributed by atoms with van der Waals surface area (Å²) in [7, 11) is 0. The van der Waals surface area contributed by atoms with Gasteiger partial charge in [0.25, 0.3) is 0 Å². The minimum absolute atomic E-state index is 0.179. The first-order valence-electron chi connectivity index (χ1n) is 6.22. The Morgan fingerprint density at radius 2 is 2.06 bits per heavy atom. The average Bonchev–Trinajstić information content (AvgIpc) is 2.30. The molecule has 0 aromatic carbocycles. The van der Waals surface area contributed by atoms with Crippen LogP contribution in [0.1, 0.15) is 32.6 Å². The van der Waals surface area contributed by atoms with E-state index in [1.54, 1.807) is 6.92 Å². The molecule has 5 heteroatoms. The van der Waals surface area contributed by atoms with E-state index in [2.05, 4.69) is 5.32 Å². The van der Waals surface area contributed by atoms with Gasteiger partial charge in [-0.25, -0.2) is 0 Å². The number of esters is 1. The van der Waals surface area contributed by atoms with Crippen LogP contribution in [0, 0.1) is 5.92 Å². The van der Waals surface area contributed by atoms with Gasteiger partial charge in [0.1, 0.15) is 6.42 Å². The maximum absolute atomic E-state index is 11.3. The van der Waals surface area contributed by atoms with Crippen LogP contribution in [0.3, 0.4) is 0 Å². The Hall–Kier alpha value is -1.10. The summed E-state index contributed by atoms with van der Waals surface area (Å²) in [5, 5.41) is 2.74. The zero-order valence-electron chi connectivity index (χ0n) is 10.4. The molecule has 0 unspecified atom stereocenters. The minimum Gasteiger partial charge on any atom is -0.466 e. The molecule has 1 aliphatic heterocycles. The number of amides is 1. The fourth-order valence-corrected chi connectivity index (χ4v) is 1.86. The van der Waals surface area contributed by atoms with E-state index in [1.165, 1.54) is 0 Å². The first-order valence-corrected chi connectivity index (χ1v) is 6.22. The minimum atomic E-state index is -0.462. The summed E-state index contributed by atoms with van der Waals surface area (Å²) in [4.78, 5) is 22.4. The molecular weight excluding hydrogens is 222 g/mol. The molecule has 1 saturated heterocycles. The highest BCUT2D eigenvalue weighted by atomic mass is 16.5. The number of carbonyl (C=O) groups is 2. The lowest BCUT2D eigenvalue weighted by molar-refractivity contribution is -0.145. The maximum atomic E-state index is 11.3. The van der Waals surface area contributed by atoms with Crippen molar-refractivity contribution >= 4 is 11.9 Å². The second kappa shape index (κ2) is 8.06. The summed E-state index contributed by atoms with van der Waals surface area (Å²) in [5.74, 6) is -0.0850. The van der Waals surface area contributed by atoms with E-state index in [9.17, 15) is 9.59 Å². The first-order chi connectivity index (χ1) is 8.22. The molecule has 98 valence electrons. The molecule has 1 fully saturated rings. The highest BCUT2D eigenvalue weighted by molar-refractivity contribution is 5.94. The fourth-order valence-electron chi connectivity index (χ4n) is 1.86. The van der Waals surface area contributed by atoms with Gasteiger partial charge in [0, 0.05) is 19.8 Å². The number of hydrogen-bond acceptors (Lipinski definition) is 4. The summed E-state index contributed by atoms with van der Waals surface area (Å²) < 4.78 is 9.95. The standard InChI is InChI=1S/C12H21NO4/c1-2-17-12(15)9-11(14)13-6-3-10-4-7-16-8-5-10/h10H,2-9H2,1H3,(H,13,14). The lowest BCUT2D eigenvalue weighted by Crippen LogP contribution is -2.29. The van der Waals surface area contributed by atoms with Crippen molar-refractivity contribution in [1.82, 2.24) is 5.32 Å². The van der Waals surface area contributed by atoms with Crippen molar-refractivity contribution in [3.05, 3.63) is 0 Å². The van der Waals surface area contributed by atoms with Gasteiger partial charge >= 0.3 is 5.97 Å². The van der Waals surface area contributed by atoms with Gasteiger partial charge in [-0.05, 0) is 32.1 Å². The molecule has 0 saturated carbocycles. The van der Waals surface area contributed by atoms with Crippen LogP contribution in [0.15, 0.2) is 0 Å². The zero-order chi connectivity index (χ0) is 12.5. The van der Waals surface area contributed by atoms with E-state index in [-0.39, 0.29) is 12.3 Å². The number of nitrogens with one attached hydrogen (secondary N) is 1. The normalized spacial score (nSPS) is 16.5. The first kappa shape index (κ1) is 14.0. The highest BCUT2D eigenvalue weighted by Crippen LogP contribution is 2.17. The van der Waals surface area contributed by atoms with Gasteiger partial charge in [-0.15, -0.1) is 0 Å². The number of hydrogen-bond donors (Lipinski definition) is 1. The van der Waals surface area contributed by atoms with Crippen molar-refractivity contribution in [2.24, 2.45) is 5.92 Å². The number of rotatable bonds is 6. The summed E-state index contributed by atoms with van der Waals surface area (Å²) in [6.07, 6.45) is 2.90. The Kier molecular flexibility index (Phi) is 6.62. The van der Waals surface area contributed by atoms with Crippen LogP contribution in [0.25, 0.3) is 0 Å². The van der Waals surface area contributed by atoms with Gasteiger partial charge in [0.05, 0.1) is 6.61 Å². The molecule has 1 amide bonds. The summed E-state index contributed by atoms with van der Waals surface area (Å²) >= 11 is 0. The molecule has 0 atom stereocenters. The van der Waals surface area contributed by atoms with E-state index >= 15 is 0 Å². The molecule has 1 rings (SSSR count). The number of carbonyl (C=O) groups excluding carboxylic acids is 2. The molecule has 0 aromatic heterocycles. The maximum Gasteiger partial charge on any atom is 0.315 e. The van der Waals surface area contributed by atoms with Crippen molar-refractivity contribution in [1.29, 1.82) is 0 Å². The molecule has 1 heterocycles. The van der Waals surface area contributed by atoms with E-state index in [1.807, 2.05) is 0 Å². The molecule has 0 radical (unpaired) electrons. The zero-order valence-corrected chi connectivity index (χ0v) is 10.4. The SMILES string of the molecule is CCOC(=O)CC(=O)NCCC1CCOCC1. The quantitative estimate of drug-likeness (QED) is 0.555. The smallest absolute Gasteiger partial charge is 0.315 e. The second-order valence-electron chi connectivity index (χ2n) is 4.18. The third-order valence-corrected chi connectivity index (χ3v) is 2.83. The van der Waals surface area contributed by atoms with Gasteiger partial charge in [-0.1, -0.05) is 0 Å². The molecule has 1 aliphatic rings. The fraction of sp³-hybridized carbons (Fsp3) is 0.833. The lowest BCUT2D eigenvalue weighted by atomic mass is 9.97. The predicted octanol–water partition coefficient (Wildman–Crippen LogP) is 0.872. The molecular formula is C12H21NO4. The molecule has 0 spiro atoms. The van der Waals surface area contributed by atoms with Crippen molar-refractivity contribution < 1.29 is 19.1 Å². The van der Waals surface area contributed by atoms with Crippen LogP contribution in [-0.2, 0) is 19.1 Å². The van der Waals surface area contributed by atoms with Crippen LogP contribution in [0.2, 0.25) is 0 Å². The van der Waals surface area contributed by atoms with Crippen molar-refractivity contribution in [3.8, 4) is 0 Å². The van der Waals surface area contributed by atoms with Crippen LogP contribution in [0.4, 0.5) is 0 Å². The van der Waals surface area contributed by atoms with Crippen molar-refractivity contribution in [3.63, 3.8) is 0 Å². The van der Waals surface area contributed by atoms with Gasteiger partial charge in [-0.2, -0.15) is 0 Å². The molecule has 5 nitrogen and oxygen atoms in total. The molecule has 0 aliphatic carbocycles. The van der Waals surface area contributed by atoms with Gasteiger partial charge in [-0.3, -0.25) is 9.59 Å². The van der Waals surface area contributed by atoms with E-state index in [0.717, 1.165) is 32.5 Å². The molecule has 0 bridgehead atoms. The molecule has 1 N–H and O–H groups in total. The van der Waals surface area contributed by atoms with E-state index in [4.69, 9.17) is 9.47 Å².